The maximum absolute atomic E-state index is 11.9. The number of likely N-dealkylation sites (N-methyl/N-ethyl adjacent to an activating group) is 1. The van der Waals surface area contributed by atoms with E-state index in [-0.39, 0.29) is 5.70 Å². The van der Waals surface area contributed by atoms with Gasteiger partial charge >= 0.3 is 12.1 Å². The number of amides is 1. The van der Waals surface area contributed by atoms with Crippen LogP contribution in [0.1, 0.15) is 33.6 Å². The molecule has 0 spiro atoms. The predicted molar refractivity (Wildman–Crippen MR) is 73.0 cm³/mol. The van der Waals surface area contributed by atoms with Crippen molar-refractivity contribution in [3.05, 3.63) is 23.6 Å². The van der Waals surface area contributed by atoms with Crippen LogP contribution in [0.15, 0.2) is 23.6 Å². The summed E-state index contributed by atoms with van der Waals surface area (Å²) in [6.07, 6.45) is 3.80. The third-order valence-electron chi connectivity index (χ3n) is 2.53. The first-order valence-corrected chi connectivity index (χ1v) is 6.43. The van der Waals surface area contributed by atoms with Gasteiger partial charge in [-0.1, -0.05) is 0 Å². The highest BCUT2D eigenvalue weighted by Crippen LogP contribution is 2.18. The zero-order chi connectivity index (χ0) is 15.3. The van der Waals surface area contributed by atoms with Gasteiger partial charge in [-0.2, -0.15) is 0 Å². The van der Waals surface area contributed by atoms with E-state index >= 15 is 0 Å². The molecule has 0 aromatic heterocycles. The van der Waals surface area contributed by atoms with Crippen molar-refractivity contribution in [1.82, 2.24) is 4.90 Å². The third kappa shape index (κ3) is 4.95. The van der Waals surface area contributed by atoms with Crippen LogP contribution < -0.4 is 0 Å². The normalized spacial score (nSPS) is 16.0. The standard InChI is InChI=1S/C14H21NO5/c1-14(2,3)20-13(18)15(4)11(12(16)17)8-10-6-5-7-19-9-10/h8-9H,5-7H2,1-4H3,(H,16,17). The number of carboxylic acids is 1. The molecule has 1 aliphatic rings. The number of hydrogen-bond donors (Lipinski definition) is 1. The summed E-state index contributed by atoms with van der Waals surface area (Å²) in [6, 6.07) is 0. The van der Waals surface area contributed by atoms with Crippen molar-refractivity contribution in [2.75, 3.05) is 13.7 Å². The average molecular weight is 283 g/mol. The number of carboxylic acid groups (broad SMARTS) is 1. The van der Waals surface area contributed by atoms with E-state index in [0.717, 1.165) is 23.3 Å². The number of hydrogen-bond acceptors (Lipinski definition) is 4. The van der Waals surface area contributed by atoms with Gasteiger partial charge in [0.25, 0.3) is 0 Å². The molecule has 1 amide bonds. The Hall–Kier alpha value is -1.98. The highest BCUT2D eigenvalue weighted by atomic mass is 16.6. The molecule has 0 atom stereocenters. The van der Waals surface area contributed by atoms with Crippen LogP contribution in [0.4, 0.5) is 4.79 Å². The summed E-state index contributed by atoms with van der Waals surface area (Å²) < 4.78 is 10.3. The Bertz CT molecular complexity index is 445. The van der Waals surface area contributed by atoms with Crippen LogP contribution in [-0.4, -0.2) is 41.3 Å². The molecule has 1 aliphatic heterocycles. The zero-order valence-corrected chi connectivity index (χ0v) is 12.3. The maximum Gasteiger partial charge on any atom is 0.414 e. The second-order valence-corrected chi connectivity index (χ2v) is 5.54. The lowest BCUT2D eigenvalue weighted by atomic mass is 10.1. The zero-order valence-electron chi connectivity index (χ0n) is 12.3. The summed E-state index contributed by atoms with van der Waals surface area (Å²) in [4.78, 5) is 24.2. The van der Waals surface area contributed by atoms with E-state index < -0.39 is 17.7 Å². The molecule has 0 fully saturated rings. The molecule has 20 heavy (non-hydrogen) atoms. The first kappa shape index (κ1) is 16.1. The van der Waals surface area contributed by atoms with Crippen LogP contribution in [0.2, 0.25) is 0 Å². The smallest absolute Gasteiger partial charge is 0.414 e. The molecule has 0 aromatic carbocycles. The molecule has 0 saturated carbocycles. The Morgan fingerprint density at radius 2 is 2.10 bits per heavy atom. The van der Waals surface area contributed by atoms with Gasteiger partial charge in [-0.05, 0) is 45.3 Å². The van der Waals surface area contributed by atoms with Crippen molar-refractivity contribution in [3.8, 4) is 0 Å². The van der Waals surface area contributed by atoms with Gasteiger partial charge in [0.15, 0.2) is 0 Å². The maximum atomic E-state index is 11.9. The summed E-state index contributed by atoms with van der Waals surface area (Å²) in [5, 5.41) is 9.24. The van der Waals surface area contributed by atoms with E-state index in [4.69, 9.17) is 9.47 Å². The molecule has 0 aliphatic carbocycles. The quantitative estimate of drug-likeness (QED) is 0.805. The Kier molecular flexibility index (Phi) is 5.19. The SMILES string of the molecule is CN(C(=O)OC(C)(C)C)C(=CC1=COCCC1)C(=O)O. The van der Waals surface area contributed by atoms with Gasteiger partial charge in [-0.3, -0.25) is 4.90 Å². The van der Waals surface area contributed by atoms with E-state index in [1.807, 2.05) is 0 Å². The van der Waals surface area contributed by atoms with Gasteiger partial charge in [-0.15, -0.1) is 0 Å². The van der Waals surface area contributed by atoms with E-state index in [9.17, 15) is 14.7 Å². The number of ether oxygens (including phenoxy) is 2. The van der Waals surface area contributed by atoms with Crippen molar-refractivity contribution < 1.29 is 24.2 Å². The van der Waals surface area contributed by atoms with Crippen LogP contribution in [0.5, 0.6) is 0 Å². The Labute approximate surface area is 118 Å². The fraction of sp³-hybridized carbons (Fsp3) is 0.571. The lowest BCUT2D eigenvalue weighted by molar-refractivity contribution is -0.134. The molecule has 1 rings (SSSR count). The molecule has 6 nitrogen and oxygen atoms in total. The van der Waals surface area contributed by atoms with Gasteiger partial charge < -0.3 is 14.6 Å². The summed E-state index contributed by atoms with van der Waals surface area (Å²) in [7, 11) is 1.37. The fourth-order valence-corrected chi connectivity index (χ4v) is 1.60. The summed E-state index contributed by atoms with van der Waals surface area (Å²) in [5.74, 6) is -1.19. The summed E-state index contributed by atoms with van der Waals surface area (Å²) in [5.41, 5.74) is -0.0811. The second-order valence-electron chi connectivity index (χ2n) is 5.54. The monoisotopic (exact) mass is 283 g/mol. The lowest BCUT2D eigenvalue weighted by Crippen LogP contribution is -2.35. The van der Waals surface area contributed by atoms with Crippen LogP contribution >= 0.6 is 0 Å². The highest BCUT2D eigenvalue weighted by molar-refractivity contribution is 5.91. The summed E-state index contributed by atoms with van der Waals surface area (Å²) in [6.45, 7) is 5.79. The molecule has 0 aromatic rings. The molecule has 0 unspecified atom stereocenters. The van der Waals surface area contributed by atoms with Crippen molar-refractivity contribution in [3.63, 3.8) is 0 Å². The van der Waals surface area contributed by atoms with Crippen LogP contribution in [0.25, 0.3) is 0 Å². The number of nitrogens with zero attached hydrogens (tertiary/aromatic N) is 1. The Morgan fingerprint density at radius 1 is 1.45 bits per heavy atom. The number of aliphatic carboxylic acids is 1. The predicted octanol–water partition coefficient (Wildman–Crippen LogP) is 2.52. The molecule has 0 bridgehead atoms. The fourth-order valence-electron chi connectivity index (χ4n) is 1.60. The molecule has 6 heteroatoms. The van der Waals surface area contributed by atoms with E-state index in [0.29, 0.717) is 6.61 Å². The van der Waals surface area contributed by atoms with Gasteiger partial charge in [0.2, 0.25) is 0 Å². The van der Waals surface area contributed by atoms with Gasteiger partial charge in [0.05, 0.1) is 12.9 Å². The van der Waals surface area contributed by atoms with E-state index in [2.05, 4.69) is 0 Å². The van der Waals surface area contributed by atoms with Gasteiger partial charge in [0, 0.05) is 7.05 Å². The molecular formula is C14H21NO5. The molecule has 1 heterocycles. The average Bonchev–Trinajstić information content (AvgIpc) is 2.34. The van der Waals surface area contributed by atoms with Gasteiger partial charge in [0.1, 0.15) is 11.3 Å². The topological polar surface area (TPSA) is 76.1 Å². The van der Waals surface area contributed by atoms with Crippen molar-refractivity contribution in [2.24, 2.45) is 0 Å². The third-order valence-corrected chi connectivity index (χ3v) is 2.53. The first-order chi connectivity index (χ1) is 9.20. The number of carbonyl (C=O) groups excluding carboxylic acids is 1. The van der Waals surface area contributed by atoms with Crippen LogP contribution in [0, 0.1) is 0 Å². The number of allylic oxidation sites excluding steroid dienone is 2. The summed E-state index contributed by atoms with van der Waals surface area (Å²) >= 11 is 0. The lowest BCUT2D eigenvalue weighted by Gasteiger charge is -2.25. The minimum Gasteiger partial charge on any atom is -0.501 e. The minimum atomic E-state index is -1.19. The van der Waals surface area contributed by atoms with Gasteiger partial charge in [-0.25, -0.2) is 9.59 Å². The molecule has 1 N–H and O–H groups in total. The molecule has 0 radical (unpaired) electrons. The van der Waals surface area contributed by atoms with Crippen molar-refractivity contribution in [2.45, 2.75) is 39.2 Å². The number of rotatable bonds is 3. The molecular weight excluding hydrogens is 262 g/mol. The Morgan fingerprint density at radius 3 is 2.55 bits per heavy atom. The second kappa shape index (κ2) is 6.45. The van der Waals surface area contributed by atoms with Crippen LogP contribution in [0.3, 0.4) is 0 Å². The van der Waals surface area contributed by atoms with Crippen LogP contribution in [-0.2, 0) is 14.3 Å². The van der Waals surface area contributed by atoms with E-state index in [1.165, 1.54) is 19.4 Å². The first-order valence-electron chi connectivity index (χ1n) is 6.43. The highest BCUT2D eigenvalue weighted by Gasteiger charge is 2.25. The molecule has 112 valence electrons. The van der Waals surface area contributed by atoms with Crippen molar-refractivity contribution in [1.29, 1.82) is 0 Å². The molecule has 0 saturated heterocycles. The number of carbonyl (C=O) groups is 2. The Balaban J connectivity index is 2.90. The largest absolute Gasteiger partial charge is 0.501 e. The minimum absolute atomic E-state index is 0.143. The van der Waals surface area contributed by atoms with Crippen molar-refractivity contribution >= 4 is 12.1 Å². The van der Waals surface area contributed by atoms with E-state index in [1.54, 1.807) is 20.8 Å².